The topological polar surface area (TPSA) is 106 Å². The first-order valence-corrected chi connectivity index (χ1v) is 11.5. The van der Waals surface area contributed by atoms with Gasteiger partial charge in [-0.3, -0.25) is 4.98 Å². The first-order chi connectivity index (χ1) is 16.5. The number of hydrogen-bond donors (Lipinski definition) is 2. The van der Waals surface area contributed by atoms with Gasteiger partial charge in [-0.15, -0.1) is 0 Å². The highest BCUT2D eigenvalue weighted by molar-refractivity contribution is 5.94. The molecule has 0 aliphatic rings. The van der Waals surface area contributed by atoms with Gasteiger partial charge in [-0.1, -0.05) is 25.5 Å². The van der Waals surface area contributed by atoms with Crippen LogP contribution in [0.3, 0.4) is 0 Å². The summed E-state index contributed by atoms with van der Waals surface area (Å²) < 4.78 is 17.0. The number of benzene rings is 2. The second kappa shape index (κ2) is 10.2. The summed E-state index contributed by atoms with van der Waals surface area (Å²) in [6.45, 7) is 2.43. The Hall–Kier alpha value is -3.42. The number of pyridine rings is 2. The monoisotopic (exact) mass is 460 g/mol. The maximum atomic E-state index is 6.42. The van der Waals surface area contributed by atoms with E-state index in [9.17, 15) is 0 Å². The van der Waals surface area contributed by atoms with Crippen molar-refractivity contribution in [2.24, 2.45) is 11.5 Å². The molecule has 34 heavy (non-hydrogen) atoms. The SMILES string of the molecule is CCCc1nc(OC)c(Cc2cc3cc(OC)ccc3nc2C(N)CN)c2c(OC)cccc12. The van der Waals surface area contributed by atoms with Gasteiger partial charge in [0.15, 0.2) is 0 Å². The van der Waals surface area contributed by atoms with E-state index in [1.165, 1.54) is 0 Å². The number of aromatic nitrogens is 2. The van der Waals surface area contributed by atoms with E-state index in [4.69, 9.17) is 35.6 Å². The fourth-order valence-electron chi connectivity index (χ4n) is 4.48. The predicted octanol–water partition coefficient (Wildman–Crippen LogP) is 4.31. The second-order valence-corrected chi connectivity index (χ2v) is 8.29. The number of nitrogens with zero attached hydrogens (tertiary/aromatic N) is 2. The molecule has 178 valence electrons. The first kappa shape index (κ1) is 23.7. The average Bonchev–Trinajstić information content (AvgIpc) is 2.88. The molecule has 0 saturated heterocycles. The lowest BCUT2D eigenvalue weighted by atomic mass is 9.94. The van der Waals surface area contributed by atoms with Crippen LogP contribution in [0.2, 0.25) is 0 Å². The van der Waals surface area contributed by atoms with Crippen molar-refractivity contribution >= 4 is 21.7 Å². The van der Waals surface area contributed by atoms with Gasteiger partial charge >= 0.3 is 0 Å². The lowest BCUT2D eigenvalue weighted by molar-refractivity contribution is 0.391. The van der Waals surface area contributed by atoms with E-state index in [1.807, 2.05) is 30.3 Å². The summed E-state index contributed by atoms with van der Waals surface area (Å²) in [5.74, 6) is 2.13. The molecule has 0 aliphatic carbocycles. The van der Waals surface area contributed by atoms with Crippen LogP contribution in [0.25, 0.3) is 21.7 Å². The standard InChI is InChI=1S/C27H32N4O3/c1-5-7-23-19-8-6-9-24(33-3)25(19)20(27(31-23)34-4)14-17-12-16-13-18(32-2)10-11-22(16)30-26(17)21(29)15-28/h6,8-13,21H,5,7,14-15,28-29H2,1-4H3. The van der Waals surface area contributed by atoms with Crippen LogP contribution >= 0.6 is 0 Å². The lowest BCUT2D eigenvalue weighted by Crippen LogP contribution is -2.23. The van der Waals surface area contributed by atoms with Gasteiger partial charge in [-0.05, 0) is 42.3 Å². The Balaban J connectivity index is 1.98. The Morgan fingerprint density at radius 3 is 2.47 bits per heavy atom. The zero-order valence-corrected chi connectivity index (χ0v) is 20.2. The number of fused-ring (bicyclic) bond motifs is 2. The predicted molar refractivity (Wildman–Crippen MR) is 136 cm³/mol. The second-order valence-electron chi connectivity index (χ2n) is 8.29. The molecule has 1 unspecified atom stereocenters. The summed E-state index contributed by atoms with van der Waals surface area (Å²) in [6.07, 6.45) is 2.34. The van der Waals surface area contributed by atoms with Crippen molar-refractivity contribution in [2.75, 3.05) is 27.9 Å². The number of methoxy groups -OCH3 is 3. The first-order valence-electron chi connectivity index (χ1n) is 11.5. The number of nitrogens with two attached hydrogens (primary N) is 2. The molecule has 2 heterocycles. The molecule has 4 aromatic rings. The third kappa shape index (κ3) is 4.36. The summed E-state index contributed by atoms with van der Waals surface area (Å²) >= 11 is 0. The summed E-state index contributed by atoms with van der Waals surface area (Å²) in [7, 11) is 4.99. The number of ether oxygens (including phenoxy) is 3. The molecule has 2 aromatic carbocycles. The normalized spacial score (nSPS) is 12.2. The average molecular weight is 461 g/mol. The van der Waals surface area contributed by atoms with Gasteiger partial charge in [0.2, 0.25) is 5.88 Å². The Labute approximate surface area is 200 Å². The summed E-state index contributed by atoms with van der Waals surface area (Å²) in [5.41, 5.74) is 16.9. The highest BCUT2D eigenvalue weighted by atomic mass is 16.5. The van der Waals surface area contributed by atoms with Crippen LogP contribution in [-0.2, 0) is 12.8 Å². The van der Waals surface area contributed by atoms with Crippen molar-refractivity contribution in [2.45, 2.75) is 32.2 Å². The third-order valence-electron chi connectivity index (χ3n) is 6.14. The van der Waals surface area contributed by atoms with Crippen molar-refractivity contribution in [3.8, 4) is 17.4 Å². The molecule has 0 bridgehead atoms. The summed E-state index contributed by atoms with van der Waals surface area (Å²) in [6, 6.07) is 13.6. The fourth-order valence-corrected chi connectivity index (χ4v) is 4.48. The van der Waals surface area contributed by atoms with Crippen LogP contribution in [0, 0.1) is 0 Å². The Morgan fingerprint density at radius 2 is 1.79 bits per heavy atom. The van der Waals surface area contributed by atoms with Gasteiger partial charge in [0.05, 0.1) is 44.3 Å². The van der Waals surface area contributed by atoms with Crippen LogP contribution < -0.4 is 25.7 Å². The van der Waals surface area contributed by atoms with Crippen LogP contribution in [0.5, 0.6) is 17.4 Å². The van der Waals surface area contributed by atoms with Crippen molar-refractivity contribution in [3.05, 3.63) is 65.0 Å². The van der Waals surface area contributed by atoms with Crippen LogP contribution in [0.1, 0.15) is 41.9 Å². The van der Waals surface area contributed by atoms with Crippen LogP contribution in [0.15, 0.2) is 42.5 Å². The molecule has 2 aromatic heterocycles. The van der Waals surface area contributed by atoms with E-state index in [-0.39, 0.29) is 6.54 Å². The van der Waals surface area contributed by atoms with E-state index in [1.54, 1.807) is 21.3 Å². The largest absolute Gasteiger partial charge is 0.497 e. The van der Waals surface area contributed by atoms with E-state index in [2.05, 4.69) is 19.1 Å². The molecule has 1 atom stereocenters. The van der Waals surface area contributed by atoms with Gasteiger partial charge in [0.25, 0.3) is 0 Å². The Bertz CT molecular complexity index is 1320. The fraction of sp³-hybridized carbons (Fsp3) is 0.333. The smallest absolute Gasteiger partial charge is 0.217 e. The number of rotatable bonds is 9. The van der Waals surface area contributed by atoms with E-state index < -0.39 is 6.04 Å². The molecule has 0 fully saturated rings. The quantitative estimate of drug-likeness (QED) is 0.383. The summed E-state index contributed by atoms with van der Waals surface area (Å²) in [5, 5.41) is 3.03. The molecule has 7 heteroatoms. The molecular formula is C27H32N4O3. The van der Waals surface area contributed by atoms with E-state index in [0.29, 0.717) is 12.3 Å². The van der Waals surface area contributed by atoms with Crippen molar-refractivity contribution in [1.82, 2.24) is 9.97 Å². The molecule has 0 amide bonds. The van der Waals surface area contributed by atoms with Crippen molar-refractivity contribution in [1.29, 1.82) is 0 Å². The molecule has 0 aliphatic heterocycles. The van der Waals surface area contributed by atoms with Gasteiger partial charge in [-0.2, -0.15) is 0 Å². The molecule has 0 spiro atoms. The highest BCUT2D eigenvalue weighted by Crippen LogP contribution is 2.38. The minimum atomic E-state index is -0.395. The van der Waals surface area contributed by atoms with Gasteiger partial charge < -0.3 is 25.7 Å². The molecule has 7 nitrogen and oxygen atoms in total. The molecule has 4 rings (SSSR count). The van der Waals surface area contributed by atoms with Gasteiger partial charge in [0, 0.05) is 34.7 Å². The third-order valence-corrected chi connectivity index (χ3v) is 6.14. The highest BCUT2D eigenvalue weighted by Gasteiger charge is 2.21. The minimum absolute atomic E-state index is 0.288. The summed E-state index contributed by atoms with van der Waals surface area (Å²) in [4.78, 5) is 9.78. The molecule has 0 radical (unpaired) electrons. The van der Waals surface area contributed by atoms with E-state index >= 15 is 0 Å². The maximum absolute atomic E-state index is 6.42. The molecular weight excluding hydrogens is 428 g/mol. The van der Waals surface area contributed by atoms with Crippen molar-refractivity contribution in [3.63, 3.8) is 0 Å². The Morgan fingerprint density at radius 1 is 0.971 bits per heavy atom. The number of aryl methyl sites for hydroxylation is 1. The van der Waals surface area contributed by atoms with Crippen LogP contribution in [-0.4, -0.2) is 37.8 Å². The minimum Gasteiger partial charge on any atom is -0.497 e. The van der Waals surface area contributed by atoms with E-state index in [0.717, 1.165) is 68.5 Å². The maximum Gasteiger partial charge on any atom is 0.217 e. The Kier molecular flexibility index (Phi) is 7.14. The zero-order chi connectivity index (χ0) is 24.2. The number of hydrogen-bond acceptors (Lipinski definition) is 7. The van der Waals surface area contributed by atoms with Crippen molar-refractivity contribution < 1.29 is 14.2 Å². The van der Waals surface area contributed by atoms with Gasteiger partial charge in [-0.25, -0.2) is 4.98 Å². The van der Waals surface area contributed by atoms with Crippen LogP contribution in [0.4, 0.5) is 0 Å². The lowest BCUT2D eigenvalue weighted by Gasteiger charge is -2.20. The van der Waals surface area contributed by atoms with Gasteiger partial charge in [0.1, 0.15) is 11.5 Å². The molecule has 0 saturated carbocycles. The molecule has 4 N–H and O–H groups in total. The zero-order valence-electron chi connectivity index (χ0n) is 20.2.